The minimum absolute atomic E-state index is 0.428. The topological polar surface area (TPSA) is 203 Å². The summed E-state index contributed by atoms with van der Waals surface area (Å²) in [5.41, 5.74) is -2.55. The lowest BCUT2D eigenvalue weighted by atomic mass is 9.87. The first-order valence-electron chi connectivity index (χ1n) is 12.8. The van der Waals surface area contributed by atoms with Gasteiger partial charge < -0.3 is 44.5 Å². The zero-order chi connectivity index (χ0) is 30.5. The normalized spacial score (nSPS) is 26.0. The maximum absolute atomic E-state index is 12.2. The fourth-order valence-corrected chi connectivity index (χ4v) is 4.32. The first-order valence-corrected chi connectivity index (χ1v) is 13.2. The van der Waals surface area contributed by atoms with E-state index in [0.29, 0.717) is 10.8 Å². The van der Waals surface area contributed by atoms with Crippen LogP contribution in [0.2, 0.25) is 5.02 Å². The Hall–Kier alpha value is -2.85. The molecule has 14 nitrogen and oxygen atoms in total. The summed E-state index contributed by atoms with van der Waals surface area (Å²) in [5.74, 6) is -1.83. The smallest absolute Gasteiger partial charge is 0.308 e. The number of esters is 1. The summed E-state index contributed by atoms with van der Waals surface area (Å²) in [4.78, 5) is 27.1. The van der Waals surface area contributed by atoms with Crippen LogP contribution in [0.3, 0.4) is 0 Å². The summed E-state index contributed by atoms with van der Waals surface area (Å²) < 4.78 is 24.6. The fraction of sp³-hybridized carbons (Fsp3) is 0.615. The third kappa shape index (κ3) is 9.07. The first-order chi connectivity index (χ1) is 19.1. The van der Waals surface area contributed by atoms with Gasteiger partial charge in [-0.2, -0.15) is 5.10 Å². The Bertz CT molecular complexity index is 1140. The zero-order valence-corrected chi connectivity index (χ0v) is 23.8. The Labute approximate surface area is 241 Å². The van der Waals surface area contributed by atoms with Crippen molar-refractivity contribution in [2.75, 3.05) is 6.61 Å². The van der Waals surface area contributed by atoms with Crippen molar-refractivity contribution in [1.29, 1.82) is 0 Å². The molecule has 0 aliphatic carbocycles. The van der Waals surface area contributed by atoms with E-state index >= 15 is 0 Å². The minimum atomic E-state index is -1.86. The summed E-state index contributed by atoms with van der Waals surface area (Å²) in [6, 6.07) is 6.58. The minimum Gasteiger partial charge on any atom is -0.481 e. The highest BCUT2D eigenvalue weighted by Gasteiger charge is 2.48. The molecule has 15 heteroatoms. The van der Waals surface area contributed by atoms with E-state index in [0.717, 1.165) is 0 Å². The second-order valence-corrected chi connectivity index (χ2v) is 11.6. The maximum Gasteiger partial charge on any atom is 0.308 e. The highest BCUT2D eigenvalue weighted by Crippen LogP contribution is 2.36. The Morgan fingerprint density at radius 2 is 1.73 bits per heavy atom. The molecule has 0 radical (unpaired) electrons. The van der Waals surface area contributed by atoms with E-state index in [1.54, 1.807) is 24.3 Å². The second kappa shape index (κ2) is 13.4. The molecule has 228 valence electrons. The van der Waals surface area contributed by atoms with E-state index in [1.165, 1.54) is 24.3 Å². The number of aliphatic hydroxyl groups excluding tert-OH is 3. The third-order valence-corrected chi connectivity index (χ3v) is 6.55. The first kappa shape index (κ1) is 32.7. The van der Waals surface area contributed by atoms with Crippen LogP contribution < -0.4 is 4.74 Å². The van der Waals surface area contributed by atoms with Crippen molar-refractivity contribution in [3.63, 3.8) is 0 Å². The van der Waals surface area contributed by atoms with E-state index < -0.39 is 85.4 Å². The van der Waals surface area contributed by atoms with Crippen LogP contribution in [0.1, 0.15) is 46.8 Å². The fourth-order valence-electron chi connectivity index (χ4n) is 4.19. The van der Waals surface area contributed by atoms with E-state index in [9.17, 15) is 30.0 Å². The Morgan fingerprint density at radius 3 is 2.29 bits per heavy atom. The van der Waals surface area contributed by atoms with Crippen LogP contribution in [-0.4, -0.2) is 101 Å². The van der Waals surface area contributed by atoms with Gasteiger partial charge in [-0.05, 0) is 36.6 Å². The number of benzene rings is 1. The van der Waals surface area contributed by atoms with Gasteiger partial charge in [-0.3, -0.25) is 9.59 Å². The molecule has 1 aromatic heterocycles. The predicted octanol–water partition coefficient (Wildman–Crippen LogP) is 0.907. The van der Waals surface area contributed by atoms with Gasteiger partial charge in [0.15, 0.2) is 6.29 Å². The Morgan fingerprint density at radius 1 is 1.07 bits per heavy atom. The summed E-state index contributed by atoms with van der Waals surface area (Å²) in [5, 5.41) is 55.5. The van der Waals surface area contributed by atoms with Crippen LogP contribution in [0.5, 0.6) is 5.75 Å². The van der Waals surface area contributed by atoms with Crippen molar-refractivity contribution in [1.82, 2.24) is 14.8 Å². The number of nitrogens with zero attached hydrogens (tertiary/aromatic N) is 3. The summed E-state index contributed by atoms with van der Waals surface area (Å²) in [6.07, 6.45) is -8.43. The van der Waals surface area contributed by atoms with Crippen LogP contribution in [0.15, 0.2) is 36.9 Å². The molecular weight excluding hydrogens is 566 g/mol. The van der Waals surface area contributed by atoms with E-state index in [-0.39, 0.29) is 0 Å². The van der Waals surface area contributed by atoms with Crippen molar-refractivity contribution in [2.24, 2.45) is 5.41 Å². The summed E-state index contributed by atoms with van der Waals surface area (Å²) >= 11 is 6.00. The molecule has 8 atom stereocenters. The lowest BCUT2D eigenvalue weighted by Gasteiger charge is -2.44. The molecule has 3 unspecified atom stereocenters. The van der Waals surface area contributed by atoms with E-state index in [2.05, 4.69) is 10.1 Å². The molecule has 1 aromatic carbocycles. The number of aromatic nitrogens is 3. The van der Waals surface area contributed by atoms with Crippen molar-refractivity contribution < 1.29 is 54.1 Å². The number of aliphatic carboxylic acids is 1. The lowest BCUT2D eigenvalue weighted by molar-refractivity contribution is -0.328. The largest absolute Gasteiger partial charge is 0.481 e. The molecule has 0 bridgehead atoms. The van der Waals surface area contributed by atoms with Crippen molar-refractivity contribution in [3.05, 3.63) is 41.9 Å². The molecular formula is C26H36ClN3O11. The molecule has 2 heterocycles. The van der Waals surface area contributed by atoms with Crippen molar-refractivity contribution >= 4 is 23.5 Å². The monoisotopic (exact) mass is 601 g/mol. The molecule has 1 fully saturated rings. The van der Waals surface area contributed by atoms with Gasteiger partial charge in [0.25, 0.3) is 0 Å². The maximum atomic E-state index is 12.2. The lowest BCUT2D eigenvalue weighted by Crippen LogP contribution is -2.61. The number of hydrogen-bond acceptors (Lipinski definition) is 12. The number of hydrogen-bond donors (Lipinski definition) is 5. The SMILES string of the molecule is CC(O)(CC(=O)O)CC(=O)OC[C@H]1O[C@@H](OC(C(Oc2ccc(Cl)cc2)n2cncn2)C(C)(C)C)[C@H](O)[C@@H](O)[C@@H]1O. The number of carbonyl (C=O) groups is 2. The molecule has 1 saturated heterocycles. The van der Waals surface area contributed by atoms with Gasteiger partial charge in [-0.15, -0.1) is 0 Å². The molecule has 41 heavy (non-hydrogen) atoms. The van der Waals surface area contributed by atoms with Gasteiger partial charge in [-0.1, -0.05) is 32.4 Å². The summed E-state index contributed by atoms with van der Waals surface area (Å²) in [7, 11) is 0. The van der Waals surface area contributed by atoms with Gasteiger partial charge in [0, 0.05) is 5.02 Å². The van der Waals surface area contributed by atoms with Gasteiger partial charge in [0.05, 0.1) is 18.4 Å². The van der Waals surface area contributed by atoms with Crippen LogP contribution in [0.4, 0.5) is 0 Å². The van der Waals surface area contributed by atoms with Gasteiger partial charge in [0.1, 0.15) is 55.5 Å². The Kier molecular flexibility index (Phi) is 10.7. The van der Waals surface area contributed by atoms with Gasteiger partial charge in [-0.25, -0.2) is 9.67 Å². The average molecular weight is 602 g/mol. The predicted molar refractivity (Wildman–Crippen MR) is 141 cm³/mol. The van der Waals surface area contributed by atoms with Crippen molar-refractivity contribution in [2.45, 2.75) is 89.2 Å². The van der Waals surface area contributed by atoms with Crippen molar-refractivity contribution in [3.8, 4) is 5.75 Å². The second-order valence-electron chi connectivity index (χ2n) is 11.2. The number of carboxylic acids is 1. The quantitative estimate of drug-likeness (QED) is 0.215. The third-order valence-electron chi connectivity index (χ3n) is 6.30. The average Bonchev–Trinajstić information content (AvgIpc) is 3.39. The van der Waals surface area contributed by atoms with E-state index in [1.807, 2.05) is 20.8 Å². The molecule has 1 aliphatic rings. The van der Waals surface area contributed by atoms with Crippen LogP contribution in [-0.2, 0) is 23.8 Å². The molecule has 3 rings (SSSR count). The molecule has 0 saturated carbocycles. The number of aliphatic hydroxyl groups is 4. The number of ether oxygens (including phenoxy) is 4. The van der Waals surface area contributed by atoms with Crippen LogP contribution in [0.25, 0.3) is 0 Å². The highest BCUT2D eigenvalue weighted by molar-refractivity contribution is 6.30. The molecule has 0 amide bonds. The van der Waals surface area contributed by atoms with Gasteiger partial charge >= 0.3 is 11.9 Å². The molecule has 1 aliphatic heterocycles. The van der Waals surface area contributed by atoms with Crippen LogP contribution >= 0.6 is 11.6 Å². The standard InChI is InChI=1S/C26H36ClN3O11/c1-25(2,3)22(23(30-13-28-12-29-30)39-15-7-5-14(27)6-8-15)41-24-21(36)20(35)19(34)16(40-24)11-38-18(33)10-26(4,37)9-17(31)32/h5-8,12-13,16,19-24,34-37H,9-11H2,1-4H3,(H,31,32)/t16-,19-,20+,21-,22?,23?,24+,26?/m1/s1. The highest BCUT2D eigenvalue weighted by atomic mass is 35.5. The number of carboxylic acid groups (broad SMARTS) is 1. The molecule has 2 aromatic rings. The zero-order valence-electron chi connectivity index (χ0n) is 23.0. The number of rotatable bonds is 12. The Balaban J connectivity index is 1.79. The van der Waals surface area contributed by atoms with Gasteiger partial charge in [0.2, 0.25) is 6.23 Å². The number of halogens is 1. The van der Waals surface area contributed by atoms with E-state index in [4.69, 9.17) is 35.7 Å². The summed E-state index contributed by atoms with van der Waals surface area (Å²) in [6.45, 7) is 6.12. The number of carbonyl (C=O) groups excluding carboxylic acids is 1. The molecule has 5 N–H and O–H groups in total. The van der Waals surface area contributed by atoms with Crippen LogP contribution in [0, 0.1) is 5.41 Å². The molecule has 0 spiro atoms.